The normalized spacial score (nSPS) is 12.1. The maximum Gasteiger partial charge on any atom is 0.119 e. The number of rotatable bonds is 7. The summed E-state index contributed by atoms with van der Waals surface area (Å²) in [5.74, 6) is 0.915. The fourth-order valence-corrected chi connectivity index (χ4v) is 2.87. The molecule has 0 heterocycles. The van der Waals surface area contributed by atoms with E-state index in [0.29, 0.717) is 0 Å². The van der Waals surface area contributed by atoms with Crippen molar-refractivity contribution in [1.82, 2.24) is 0 Å². The first-order valence-electron chi connectivity index (χ1n) is 7.30. The summed E-state index contributed by atoms with van der Waals surface area (Å²) in [7, 11) is 0. The van der Waals surface area contributed by atoms with Crippen LogP contribution in [0.3, 0.4) is 0 Å². The second kappa shape index (κ2) is 8.45. The fraction of sp³-hybridized carbons (Fsp3) is 0.333. The van der Waals surface area contributed by atoms with Crippen LogP contribution < -0.4 is 4.74 Å². The molecule has 0 radical (unpaired) electrons. The Balaban J connectivity index is 1.94. The molecule has 21 heavy (non-hydrogen) atoms. The molecule has 0 aliphatic carbocycles. The van der Waals surface area contributed by atoms with Gasteiger partial charge in [0.2, 0.25) is 0 Å². The summed E-state index contributed by atoms with van der Waals surface area (Å²) < 4.78 is 6.75. The van der Waals surface area contributed by atoms with Gasteiger partial charge in [-0.3, -0.25) is 0 Å². The van der Waals surface area contributed by atoms with Crippen LogP contribution in [0.5, 0.6) is 5.75 Å². The van der Waals surface area contributed by atoms with Crippen LogP contribution >= 0.6 is 27.5 Å². The van der Waals surface area contributed by atoms with Gasteiger partial charge in [0.1, 0.15) is 5.75 Å². The van der Waals surface area contributed by atoms with E-state index in [1.807, 2.05) is 24.3 Å². The van der Waals surface area contributed by atoms with E-state index in [1.165, 1.54) is 5.56 Å². The minimum Gasteiger partial charge on any atom is -0.494 e. The zero-order valence-corrected chi connectivity index (χ0v) is 14.5. The first-order chi connectivity index (χ1) is 10.2. The lowest BCUT2D eigenvalue weighted by atomic mass is 10.0. The lowest BCUT2D eigenvalue weighted by Gasteiger charge is -2.12. The minimum atomic E-state index is -0.0241. The summed E-state index contributed by atoms with van der Waals surface area (Å²) >= 11 is 10.0. The molecular formula is C18H20BrClO. The van der Waals surface area contributed by atoms with Crippen LogP contribution in [0.2, 0.25) is 0 Å². The Hall–Kier alpha value is -0.990. The summed E-state index contributed by atoms with van der Waals surface area (Å²) in [4.78, 5) is 0. The lowest BCUT2D eigenvalue weighted by Crippen LogP contribution is -1.98. The molecule has 0 aliphatic rings. The van der Waals surface area contributed by atoms with Gasteiger partial charge >= 0.3 is 0 Å². The molecular weight excluding hydrogens is 348 g/mol. The van der Waals surface area contributed by atoms with Gasteiger partial charge in [0.15, 0.2) is 0 Å². The van der Waals surface area contributed by atoms with Crippen LogP contribution in [0.15, 0.2) is 53.0 Å². The minimum absolute atomic E-state index is 0.0241. The molecule has 0 N–H and O–H groups in total. The molecule has 0 fully saturated rings. The second-order valence-electron chi connectivity index (χ2n) is 5.07. The molecule has 1 atom stereocenters. The van der Waals surface area contributed by atoms with E-state index >= 15 is 0 Å². The van der Waals surface area contributed by atoms with Gasteiger partial charge in [0.05, 0.1) is 12.0 Å². The summed E-state index contributed by atoms with van der Waals surface area (Å²) in [6, 6.07) is 16.4. The zero-order chi connectivity index (χ0) is 15.1. The van der Waals surface area contributed by atoms with Crippen molar-refractivity contribution in [3.05, 3.63) is 64.1 Å². The van der Waals surface area contributed by atoms with E-state index in [0.717, 1.165) is 41.7 Å². The first-order valence-corrected chi connectivity index (χ1v) is 8.53. The molecule has 1 unspecified atom stereocenters. The van der Waals surface area contributed by atoms with Crippen LogP contribution in [0.25, 0.3) is 0 Å². The standard InChI is InChI=1S/C18H20BrClO/c1-2-3-11-21-17-9-7-15(8-10-17)18(20)13-14-5-4-6-16(19)12-14/h4-10,12,18H,2-3,11,13H2,1H3. The largest absolute Gasteiger partial charge is 0.494 e. The first kappa shape index (κ1) is 16.4. The molecule has 0 saturated carbocycles. The Morgan fingerprint density at radius 1 is 1.14 bits per heavy atom. The van der Waals surface area contributed by atoms with E-state index in [9.17, 15) is 0 Å². The number of ether oxygens (including phenoxy) is 1. The Kier molecular flexibility index (Phi) is 6.59. The van der Waals surface area contributed by atoms with Crippen molar-refractivity contribution >= 4 is 27.5 Å². The van der Waals surface area contributed by atoms with Gasteiger partial charge in [0.25, 0.3) is 0 Å². The molecule has 0 spiro atoms. The average Bonchev–Trinajstić information content (AvgIpc) is 2.48. The highest BCUT2D eigenvalue weighted by Crippen LogP contribution is 2.27. The number of unbranched alkanes of at least 4 members (excludes halogenated alkanes) is 1. The highest BCUT2D eigenvalue weighted by molar-refractivity contribution is 9.10. The SMILES string of the molecule is CCCCOc1ccc(C(Cl)Cc2cccc(Br)c2)cc1. The molecule has 0 amide bonds. The third kappa shape index (κ3) is 5.37. The average molecular weight is 368 g/mol. The molecule has 2 rings (SSSR count). The maximum atomic E-state index is 6.52. The summed E-state index contributed by atoms with van der Waals surface area (Å²) in [5, 5.41) is -0.0241. The molecule has 0 saturated heterocycles. The maximum absolute atomic E-state index is 6.52. The van der Waals surface area contributed by atoms with Crippen molar-refractivity contribution in [2.45, 2.75) is 31.6 Å². The summed E-state index contributed by atoms with van der Waals surface area (Å²) in [6.45, 7) is 2.94. The van der Waals surface area contributed by atoms with Crippen molar-refractivity contribution in [3.63, 3.8) is 0 Å². The van der Waals surface area contributed by atoms with Crippen LogP contribution in [0.1, 0.15) is 36.3 Å². The number of benzene rings is 2. The van der Waals surface area contributed by atoms with Gasteiger partial charge in [0, 0.05) is 4.47 Å². The second-order valence-corrected chi connectivity index (χ2v) is 6.52. The third-order valence-corrected chi connectivity index (χ3v) is 4.21. The van der Waals surface area contributed by atoms with E-state index in [-0.39, 0.29) is 5.38 Å². The fourth-order valence-electron chi connectivity index (χ4n) is 2.10. The van der Waals surface area contributed by atoms with Crippen LogP contribution in [-0.4, -0.2) is 6.61 Å². The Morgan fingerprint density at radius 2 is 1.90 bits per heavy atom. The molecule has 0 aliphatic heterocycles. The van der Waals surface area contributed by atoms with Crippen molar-refractivity contribution in [2.24, 2.45) is 0 Å². The van der Waals surface area contributed by atoms with E-state index in [4.69, 9.17) is 16.3 Å². The van der Waals surface area contributed by atoms with Crippen molar-refractivity contribution in [2.75, 3.05) is 6.61 Å². The monoisotopic (exact) mass is 366 g/mol. The molecule has 2 aromatic carbocycles. The number of halogens is 2. The van der Waals surface area contributed by atoms with E-state index in [1.54, 1.807) is 0 Å². The summed E-state index contributed by atoms with van der Waals surface area (Å²) in [6.07, 6.45) is 3.05. The van der Waals surface area contributed by atoms with Gasteiger partial charge in [-0.25, -0.2) is 0 Å². The molecule has 3 heteroatoms. The van der Waals surface area contributed by atoms with Gasteiger partial charge in [-0.05, 0) is 48.2 Å². The Labute approximate surface area is 140 Å². The molecule has 112 valence electrons. The van der Waals surface area contributed by atoms with E-state index < -0.39 is 0 Å². The van der Waals surface area contributed by atoms with Gasteiger partial charge < -0.3 is 4.74 Å². The van der Waals surface area contributed by atoms with Crippen LogP contribution in [0.4, 0.5) is 0 Å². The van der Waals surface area contributed by atoms with Gasteiger partial charge in [-0.2, -0.15) is 0 Å². The van der Waals surface area contributed by atoms with Crippen LogP contribution in [0, 0.1) is 0 Å². The van der Waals surface area contributed by atoms with Crippen LogP contribution in [-0.2, 0) is 6.42 Å². The zero-order valence-electron chi connectivity index (χ0n) is 12.2. The number of hydrogen-bond donors (Lipinski definition) is 0. The van der Waals surface area contributed by atoms with E-state index in [2.05, 4.69) is 47.1 Å². The lowest BCUT2D eigenvalue weighted by molar-refractivity contribution is 0.309. The predicted octanol–water partition coefficient (Wildman–Crippen LogP) is 6.15. The summed E-state index contributed by atoms with van der Waals surface area (Å²) in [5.41, 5.74) is 2.35. The quantitative estimate of drug-likeness (QED) is 0.421. The molecule has 1 nitrogen and oxygen atoms in total. The molecule has 0 bridgehead atoms. The number of hydrogen-bond acceptors (Lipinski definition) is 1. The molecule has 2 aromatic rings. The number of alkyl halides is 1. The Morgan fingerprint density at radius 3 is 2.57 bits per heavy atom. The predicted molar refractivity (Wildman–Crippen MR) is 93.3 cm³/mol. The van der Waals surface area contributed by atoms with Gasteiger partial charge in [-0.15, -0.1) is 11.6 Å². The Bertz CT molecular complexity index is 553. The smallest absolute Gasteiger partial charge is 0.119 e. The van der Waals surface area contributed by atoms with Crippen molar-refractivity contribution in [1.29, 1.82) is 0 Å². The highest BCUT2D eigenvalue weighted by Gasteiger charge is 2.09. The van der Waals surface area contributed by atoms with Crippen molar-refractivity contribution in [3.8, 4) is 5.75 Å². The molecule has 0 aromatic heterocycles. The van der Waals surface area contributed by atoms with Gasteiger partial charge in [-0.1, -0.05) is 53.5 Å². The van der Waals surface area contributed by atoms with Crippen molar-refractivity contribution < 1.29 is 4.74 Å². The third-order valence-electron chi connectivity index (χ3n) is 3.31. The topological polar surface area (TPSA) is 9.23 Å². The highest BCUT2D eigenvalue weighted by atomic mass is 79.9.